The summed E-state index contributed by atoms with van der Waals surface area (Å²) in [4.78, 5) is 22.3. The fourth-order valence-electron chi connectivity index (χ4n) is 2.56. The molecule has 6 nitrogen and oxygen atoms in total. The van der Waals surface area contributed by atoms with Crippen molar-refractivity contribution < 1.29 is 19.4 Å². The van der Waals surface area contributed by atoms with E-state index in [0.717, 1.165) is 6.42 Å². The normalized spacial score (nSPS) is 24.8. The number of carboxylic acids is 1. The molecule has 1 saturated carbocycles. The summed E-state index contributed by atoms with van der Waals surface area (Å²) in [6.45, 7) is 9.27. The van der Waals surface area contributed by atoms with E-state index in [9.17, 15) is 9.59 Å². The van der Waals surface area contributed by atoms with E-state index in [1.54, 1.807) is 0 Å². The summed E-state index contributed by atoms with van der Waals surface area (Å²) in [5.74, 6) is -0.651. The number of ether oxygens (including phenoxy) is 1. The molecule has 0 spiro atoms. The van der Waals surface area contributed by atoms with Crippen LogP contribution in [0.2, 0.25) is 0 Å². The first-order valence-electron chi connectivity index (χ1n) is 7.65. The quantitative estimate of drug-likeness (QED) is 0.639. The number of aliphatic carboxylic acids is 1. The smallest absolute Gasteiger partial charge is 0.315 e. The molecule has 0 saturated heterocycles. The van der Waals surface area contributed by atoms with Crippen LogP contribution in [0.1, 0.15) is 47.0 Å². The second-order valence-electron chi connectivity index (χ2n) is 6.45. The van der Waals surface area contributed by atoms with Crippen molar-refractivity contribution in [3.63, 3.8) is 0 Å². The fourth-order valence-corrected chi connectivity index (χ4v) is 2.56. The first-order valence-corrected chi connectivity index (χ1v) is 7.65. The molecule has 0 aromatic rings. The lowest BCUT2D eigenvalue weighted by atomic mass is 9.64. The van der Waals surface area contributed by atoms with Crippen molar-refractivity contribution >= 4 is 12.0 Å². The summed E-state index contributed by atoms with van der Waals surface area (Å²) in [5, 5.41) is 14.4. The molecule has 3 atom stereocenters. The Labute approximate surface area is 126 Å². The highest BCUT2D eigenvalue weighted by Gasteiger charge is 2.49. The molecule has 3 unspecified atom stereocenters. The van der Waals surface area contributed by atoms with E-state index in [0.29, 0.717) is 19.6 Å². The Balaban J connectivity index is 2.24. The van der Waals surface area contributed by atoms with Crippen molar-refractivity contribution in [3.05, 3.63) is 0 Å². The summed E-state index contributed by atoms with van der Waals surface area (Å²) in [7, 11) is 0. The van der Waals surface area contributed by atoms with E-state index in [1.165, 1.54) is 0 Å². The minimum atomic E-state index is -0.801. The van der Waals surface area contributed by atoms with E-state index < -0.39 is 5.97 Å². The van der Waals surface area contributed by atoms with Gasteiger partial charge in [-0.2, -0.15) is 0 Å². The van der Waals surface area contributed by atoms with Crippen LogP contribution in [0, 0.1) is 11.3 Å². The molecule has 3 N–H and O–H groups in total. The number of hydrogen-bond acceptors (Lipinski definition) is 3. The topological polar surface area (TPSA) is 87.7 Å². The minimum Gasteiger partial charge on any atom is -0.481 e. The number of rotatable bonds is 8. The van der Waals surface area contributed by atoms with Crippen LogP contribution in [0.15, 0.2) is 0 Å². The van der Waals surface area contributed by atoms with Gasteiger partial charge in [0.15, 0.2) is 0 Å². The summed E-state index contributed by atoms with van der Waals surface area (Å²) in [5.41, 5.74) is -0.0533. The predicted octanol–water partition coefficient (Wildman–Crippen LogP) is 1.99. The maximum Gasteiger partial charge on any atom is 0.315 e. The highest BCUT2D eigenvalue weighted by Crippen LogP contribution is 2.42. The summed E-state index contributed by atoms with van der Waals surface area (Å²) >= 11 is 0. The van der Waals surface area contributed by atoms with Crippen LogP contribution in [-0.2, 0) is 9.53 Å². The van der Waals surface area contributed by atoms with Gasteiger partial charge in [0.1, 0.15) is 0 Å². The van der Waals surface area contributed by atoms with Crippen LogP contribution in [0.3, 0.4) is 0 Å². The van der Waals surface area contributed by atoms with Crippen LogP contribution in [0.4, 0.5) is 4.79 Å². The van der Waals surface area contributed by atoms with Crippen molar-refractivity contribution in [3.8, 4) is 0 Å². The maximum atomic E-state index is 11.9. The summed E-state index contributed by atoms with van der Waals surface area (Å²) in [6.07, 6.45) is 1.73. The molecule has 122 valence electrons. The van der Waals surface area contributed by atoms with Gasteiger partial charge < -0.3 is 20.5 Å². The molecule has 1 fully saturated rings. The number of carbonyl (C=O) groups is 2. The molecule has 1 rings (SSSR count). The first kappa shape index (κ1) is 17.8. The van der Waals surface area contributed by atoms with Gasteiger partial charge in [0.2, 0.25) is 0 Å². The molecular weight excluding hydrogens is 272 g/mol. The third-order valence-corrected chi connectivity index (χ3v) is 4.31. The van der Waals surface area contributed by atoms with Gasteiger partial charge in [-0.15, -0.1) is 0 Å². The zero-order valence-electron chi connectivity index (χ0n) is 13.4. The zero-order chi connectivity index (χ0) is 16.0. The Bertz CT molecular complexity index is 371. The van der Waals surface area contributed by atoms with Gasteiger partial charge in [-0.25, -0.2) is 4.79 Å². The molecular formula is C15H28N2O4. The lowest BCUT2D eigenvalue weighted by Crippen LogP contribution is -2.63. The molecule has 21 heavy (non-hydrogen) atoms. The van der Waals surface area contributed by atoms with Crippen molar-refractivity contribution in [2.24, 2.45) is 11.3 Å². The molecule has 0 aromatic carbocycles. The van der Waals surface area contributed by atoms with Crippen molar-refractivity contribution in [1.82, 2.24) is 10.6 Å². The fraction of sp³-hybridized carbons (Fsp3) is 0.867. The number of amides is 2. The Hall–Kier alpha value is -1.30. The Morgan fingerprint density at radius 3 is 2.62 bits per heavy atom. The van der Waals surface area contributed by atoms with E-state index >= 15 is 0 Å². The van der Waals surface area contributed by atoms with Gasteiger partial charge in [-0.1, -0.05) is 20.8 Å². The SMILES string of the molecule is CCOC1CC(NC(=O)NCC(C)CCC(=O)O)C1(C)C. The third kappa shape index (κ3) is 5.19. The molecule has 1 aliphatic rings. The standard InChI is InChI=1S/C15H28N2O4/c1-5-21-12-8-11(15(12,3)4)17-14(20)16-9-10(2)6-7-13(18)19/h10-12H,5-9H2,1-4H3,(H,18,19)(H2,16,17,20). The maximum absolute atomic E-state index is 11.9. The Kier molecular flexibility index (Phi) is 6.45. The largest absolute Gasteiger partial charge is 0.481 e. The predicted molar refractivity (Wildman–Crippen MR) is 80.2 cm³/mol. The van der Waals surface area contributed by atoms with Crippen LogP contribution >= 0.6 is 0 Å². The van der Waals surface area contributed by atoms with Gasteiger partial charge in [0.05, 0.1) is 6.10 Å². The molecule has 0 aromatic heterocycles. The number of hydrogen-bond donors (Lipinski definition) is 3. The van der Waals surface area contributed by atoms with Gasteiger partial charge >= 0.3 is 12.0 Å². The van der Waals surface area contributed by atoms with Crippen LogP contribution in [0.25, 0.3) is 0 Å². The third-order valence-electron chi connectivity index (χ3n) is 4.31. The highest BCUT2D eigenvalue weighted by atomic mass is 16.5. The average Bonchev–Trinajstić information content (AvgIpc) is 2.41. The number of carboxylic acid groups (broad SMARTS) is 1. The molecule has 6 heteroatoms. The average molecular weight is 300 g/mol. The monoisotopic (exact) mass is 300 g/mol. The Morgan fingerprint density at radius 1 is 1.43 bits per heavy atom. The van der Waals surface area contributed by atoms with Crippen LogP contribution < -0.4 is 10.6 Å². The molecule has 2 amide bonds. The van der Waals surface area contributed by atoms with E-state index in [2.05, 4.69) is 24.5 Å². The van der Waals surface area contributed by atoms with Gasteiger partial charge in [-0.3, -0.25) is 4.79 Å². The van der Waals surface area contributed by atoms with Gasteiger partial charge in [0, 0.05) is 31.0 Å². The van der Waals surface area contributed by atoms with Crippen LogP contribution in [-0.4, -0.2) is 42.4 Å². The van der Waals surface area contributed by atoms with Gasteiger partial charge in [-0.05, 0) is 25.7 Å². The lowest BCUT2D eigenvalue weighted by Gasteiger charge is -2.51. The molecule has 0 bridgehead atoms. The van der Waals surface area contributed by atoms with Crippen molar-refractivity contribution in [2.45, 2.75) is 59.1 Å². The number of nitrogens with one attached hydrogen (secondary N) is 2. The summed E-state index contributed by atoms with van der Waals surface area (Å²) < 4.78 is 5.63. The van der Waals surface area contributed by atoms with Crippen LogP contribution in [0.5, 0.6) is 0 Å². The van der Waals surface area contributed by atoms with Crippen molar-refractivity contribution in [1.29, 1.82) is 0 Å². The lowest BCUT2D eigenvalue weighted by molar-refractivity contribution is -0.137. The summed E-state index contributed by atoms with van der Waals surface area (Å²) in [6, 6.07) is -0.0754. The van der Waals surface area contributed by atoms with Crippen molar-refractivity contribution in [2.75, 3.05) is 13.2 Å². The van der Waals surface area contributed by atoms with E-state index in [1.807, 2.05) is 13.8 Å². The zero-order valence-corrected chi connectivity index (χ0v) is 13.4. The molecule has 1 aliphatic carbocycles. The molecule has 0 aliphatic heterocycles. The van der Waals surface area contributed by atoms with Gasteiger partial charge in [0.25, 0.3) is 0 Å². The van der Waals surface area contributed by atoms with E-state index in [-0.39, 0.29) is 35.9 Å². The van der Waals surface area contributed by atoms with E-state index in [4.69, 9.17) is 9.84 Å². The molecule has 0 heterocycles. The molecule has 0 radical (unpaired) electrons. The second-order valence-corrected chi connectivity index (χ2v) is 6.45. The second kappa shape index (κ2) is 7.64. The first-order chi connectivity index (χ1) is 9.77. The highest BCUT2D eigenvalue weighted by molar-refractivity contribution is 5.74. The Morgan fingerprint density at radius 2 is 2.10 bits per heavy atom. The minimum absolute atomic E-state index is 0.0533. The number of carbonyl (C=O) groups excluding carboxylic acids is 1. The number of urea groups is 1.